The molecule has 0 unspecified atom stereocenters. The molecule has 0 atom stereocenters. The predicted molar refractivity (Wildman–Crippen MR) is 122 cm³/mol. The van der Waals surface area contributed by atoms with Gasteiger partial charge in [-0.1, -0.05) is 31.0 Å². The summed E-state index contributed by atoms with van der Waals surface area (Å²) in [6.07, 6.45) is 2.15. The highest BCUT2D eigenvalue weighted by molar-refractivity contribution is 6.72. The molecule has 1 aromatic rings. The molecule has 29 heavy (non-hydrogen) atoms. The molecule has 2 saturated heterocycles. The molecule has 0 aromatic heterocycles. The Hall–Kier alpha value is -1.21. The van der Waals surface area contributed by atoms with Crippen LogP contribution < -0.4 is 16.2 Å². The smallest absolute Gasteiger partial charge is 0.424 e. The third kappa shape index (κ3) is 3.38. The van der Waals surface area contributed by atoms with Crippen LogP contribution in [0.3, 0.4) is 0 Å². The van der Waals surface area contributed by atoms with Crippen molar-refractivity contribution in [3.8, 4) is 0 Å². The molecule has 1 N–H and O–H groups in total. The number of fused-ring (bicyclic) bond motifs is 1. The van der Waals surface area contributed by atoms with Crippen LogP contribution in [-0.4, -0.2) is 43.5 Å². The second-order valence-corrected chi connectivity index (χ2v) is 10.5. The summed E-state index contributed by atoms with van der Waals surface area (Å²) in [7, 11) is -0.887. The van der Waals surface area contributed by atoms with Crippen molar-refractivity contribution in [2.45, 2.75) is 84.6 Å². The van der Waals surface area contributed by atoms with E-state index in [1.54, 1.807) is 0 Å². The second-order valence-electron chi connectivity index (χ2n) is 10.5. The van der Waals surface area contributed by atoms with Crippen LogP contribution in [0.4, 0.5) is 5.69 Å². The molecule has 0 amide bonds. The number of rotatable bonds is 2. The molecule has 2 fully saturated rings. The van der Waals surface area contributed by atoms with Crippen LogP contribution in [-0.2, 0) is 18.6 Å². The Morgan fingerprint density at radius 1 is 0.724 bits per heavy atom. The van der Waals surface area contributed by atoms with Gasteiger partial charge in [0.15, 0.2) is 0 Å². The van der Waals surface area contributed by atoms with E-state index in [2.05, 4.69) is 91.6 Å². The topological polar surface area (TPSA) is 49.0 Å². The van der Waals surface area contributed by atoms with E-state index in [1.165, 1.54) is 0 Å². The van der Waals surface area contributed by atoms with E-state index in [-0.39, 0.29) is 18.0 Å². The van der Waals surface area contributed by atoms with Crippen LogP contribution in [0.15, 0.2) is 18.1 Å². The first-order chi connectivity index (χ1) is 13.2. The van der Waals surface area contributed by atoms with Gasteiger partial charge in [-0.05, 0) is 66.4 Å². The fourth-order valence-corrected chi connectivity index (χ4v) is 3.80. The van der Waals surface area contributed by atoms with Gasteiger partial charge in [-0.3, -0.25) is 0 Å². The zero-order chi connectivity index (χ0) is 21.4. The molecule has 0 saturated carbocycles. The molecule has 0 bridgehead atoms. The summed E-state index contributed by atoms with van der Waals surface area (Å²) >= 11 is 0. The summed E-state index contributed by atoms with van der Waals surface area (Å²) in [5.41, 5.74) is 2.54. The van der Waals surface area contributed by atoms with Crippen LogP contribution in [0.2, 0.25) is 6.82 Å². The van der Waals surface area contributed by atoms with E-state index in [0.717, 1.165) is 22.2 Å². The molecule has 8 heteroatoms. The fourth-order valence-electron chi connectivity index (χ4n) is 3.80. The van der Waals surface area contributed by atoms with Crippen LogP contribution in [0.1, 0.15) is 61.0 Å². The van der Waals surface area contributed by atoms with Crippen molar-refractivity contribution >= 4 is 43.8 Å². The van der Waals surface area contributed by atoms with E-state index in [1.807, 2.05) is 0 Å². The minimum absolute atomic E-state index is 0.242. The molecule has 0 radical (unpaired) electrons. The van der Waals surface area contributed by atoms with E-state index >= 15 is 0 Å². The highest BCUT2D eigenvalue weighted by Gasteiger charge is 2.54. The number of hydrogen-bond donors (Lipinski definition) is 1. The molecule has 154 valence electrons. The van der Waals surface area contributed by atoms with Gasteiger partial charge in [0, 0.05) is 11.2 Å². The monoisotopic (exact) mass is 395 g/mol. The van der Waals surface area contributed by atoms with Gasteiger partial charge in [0.25, 0.3) is 6.85 Å². The Morgan fingerprint density at radius 3 is 1.72 bits per heavy atom. The molecule has 0 spiro atoms. The van der Waals surface area contributed by atoms with Crippen molar-refractivity contribution in [2.24, 2.45) is 0 Å². The Bertz CT molecular complexity index is 834. The quantitative estimate of drug-likeness (QED) is 0.781. The highest BCUT2D eigenvalue weighted by Crippen LogP contribution is 2.39. The summed E-state index contributed by atoms with van der Waals surface area (Å²) in [6.45, 7) is 19.0. The third-order valence-electron chi connectivity index (χ3n) is 7.19. The van der Waals surface area contributed by atoms with Gasteiger partial charge in [0.05, 0.1) is 22.4 Å². The molecule has 3 aliphatic rings. The van der Waals surface area contributed by atoms with Crippen LogP contribution in [0.25, 0.3) is 6.08 Å². The largest absolute Gasteiger partial charge is 0.496 e. The number of nitrogens with one attached hydrogen (secondary N) is 1. The van der Waals surface area contributed by atoms with Gasteiger partial charge in [-0.2, -0.15) is 0 Å². The van der Waals surface area contributed by atoms with Crippen molar-refractivity contribution in [1.29, 1.82) is 0 Å². The van der Waals surface area contributed by atoms with Crippen molar-refractivity contribution in [3.05, 3.63) is 23.7 Å². The predicted octanol–water partition coefficient (Wildman–Crippen LogP) is 2.88. The maximum absolute atomic E-state index is 6.38. The van der Waals surface area contributed by atoms with E-state index in [0.29, 0.717) is 0 Å². The van der Waals surface area contributed by atoms with Gasteiger partial charge >= 0.3 is 14.2 Å². The summed E-state index contributed by atoms with van der Waals surface area (Å²) in [5.74, 6) is 2.16. The molecule has 3 heterocycles. The van der Waals surface area contributed by atoms with Gasteiger partial charge in [-0.25, -0.2) is 0 Å². The molecular formula is C21H32B3NO4. The van der Waals surface area contributed by atoms with Gasteiger partial charge < -0.3 is 23.8 Å². The van der Waals surface area contributed by atoms with Crippen molar-refractivity contribution in [1.82, 2.24) is 0 Å². The van der Waals surface area contributed by atoms with Crippen LogP contribution in [0.5, 0.6) is 0 Å². The SMILES string of the molecule is CB1C=Cc2cc(B3OC(C)(C)C(C)(C)O3)cc(B3OC(C)(C)C(C)(C)O3)c2N1. The average Bonchev–Trinajstić information content (AvgIpc) is 2.93. The number of hydrogen-bond acceptors (Lipinski definition) is 5. The minimum Gasteiger partial charge on any atom is -0.424 e. The van der Waals surface area contributed by atoms with E-state index in [4.69, 9.17) is 18.6 Å². The Balaban J connectivity index is 1.78. The maximum Gasteiger partial charge on any atom is 0.496 e. The Kier molecular flexibility index (Phi) is 4.64. The van der Waals surface area contributed by atoms with Crippen LogP contribution in [0, 0.1) is 0 Å². The summed E-state index contributed by atoms with van der Waals surface area (Å²) in [4.78, 5) is 0. The van der Waals surface area contributed by atoms with E-state index in [9.17, 15) is 0 Å². The summed E-state index contributed by atoms with van der Waals surface area (Å²) in [5, 5.41) is 3.58. The van der Waals surface area contributed by atoms with E-state index < -0.39 is 25.4 Å². The maximum atomic E-state index is 6.38. The first-order valence-corrected chi connectivity index (χ1v) is 10.6. The molecule has 4 rings (SSSR count). The summed E-state index contributed by atoms with van der Waals surface area (Å²) < 4.78 is 25.4. The summed E-state index contributed by atoms with van der Waals surface area (Å²) in [6, 6.07) is 4.25. The van der Waals surface area contributed by atoms with Gasteiger partial charge in [0.1, 0.15) is 0 Å². The normalized spacial score (nSPS) is 25.9. The first-order valence-electron chi connectivity index (χ1n) is 10.6. The zero-order valence-corrected chi connectivity index (χ0v) is 19.2. The average molecular weight is 395 g/mol. The minimum atomic E-state index is -0.456. The Morgan fingerprint density at radius 2 is 1.21 bits per heavy atom. The molecule has 5 nitrogen and oxygen atoms in total. The van der Waals surface area contributed by atoms with Crippen molar-refractivity contribution in [3.63, 3.8) is 0 Å². The molecule has 3 aliphatic heterocycles. The lowest BCUT2D eigenvalue weighted by Gasteiger charge is -2.32. The van der Waals surface area contributed by atoms with Gasteiger partial charge in [0.2, 0.25) is 0 Å². The van der Waals surface area contributed by atoms with Crippen molar-refractivity contribution in [2.75, 3.05) is 5.23 Å². The lowest BCUT2D eigenvalue weighted by molar-refractivity contribution is 0.00578. The molecule has 0 aliphatic carbocycles. The fraction of sp³-hybridized carbons (Fsp3) is 0.619. The lowest BCUT2D eigenvalue weighted by atomic mass is 9.60. The molecule has 1 aromatic carbocycles. The third-order valence-corrected chi connectivity index (χ3v) is 7.19. The first kappa shape index (κ1) is 21.0. The highest BCUT2D eigenvalue weighted by atomic mass is 16.7. The van der Waals surface area contributed by atoms with Crippen LogP contribution >= 0.6 is 0 Å². The number of anilines is 1. The van der Waals surface area contributed by atoms with Gasteiger partial charge in [-0.15, -0.1) is 0 Å². The molecular weight excluding hydrogens is 363 g/mol. The second kappa shape index (κ2) is 6.40. The zero-order valence-electron chi connectivity index (χ0n) is 19.2. The lowest BCUT2D eigenvalue weighted by Crippen LogP contribution is -2.44. The standard InChI is InChI=1S/C21H32B3NO4/c1-18(2)19(3,4)27-23(26-18)15-12-14-10-11-22(9)25-17(14)16(13-15)24-28-20(5,6)21(7,8)29-24/h10-13,25H,1-9H3. The Labute approximate surface area is 176 Å². The van der Waals surface area contributed by atoms with Crippen molar-refractivity contribution < 1.29 is 18.6 Å². The number of benzene rings is 1.